The molecule has 0 saturated carbocycles. The van der Waals surface area contributed by atoms with E-state index >= 15 is 0 Å². The van der Waals surface area contributed by atoms with Crippen LogP contribution in [0.15, 0.2) is 11.4 Å². The van der Waals surface area contributed by atoms with Gasteiger partial charge in [0.2, 0.25) is 5.91 Å². The topological polar surface area (TPSA) is 66.4 Å². The largest absolute Gasteiger partial charge is 0.481 e. The quantitative estimate of drug-likeness (QED) is 0.878. The van der Waals surface area contributed by atoms with Crippen LogP contribution in [0.2, 0.25) is 0 Å². The van der Waals surface area contributed by atoms with Crippen LogP contribution in [0, 0.1) is 5.92 Å². The first-order valence-electron chi connectivity index (χ1n) is 7.07. The van der Waals surface area contributed by atoms with Crippen molar-refractivity contribution in [3.63, 3.8) is 0 Å². The summed E-state index contributed by atoms with van der Waals surface area (Å²) < 4.78 is 0. The van der Waals surface area contributed by atoms with E-state index in [1.165, 1.54) is 4.88 Å². The number of aryl methyl sites for hydroxylation is 1. The van der Waals surface area contributed by atoms with E-state index in [0.29, 0.717) is 0 Å². The molecule has 1 amide bonds. The van der Waals surface area contributed by atoms with Gasteiger partial charge in [0.05, 0.1) is 12.3 Å². The average molecular weight is 295 g/mol. The molecule has 2 N–H and O–H groups in total. The van der Waals surface area contributed by atoms with E-state index in [2.05, 4.69) is 5.32 Å². The van der Waals surface area contributed by atoms with Crippen molar-refractivity contribution in [2.45, 2.75) is 51.5 Å². The van der Waals surface area contributed by atoms with Gasteiger partial charge in [-0.2, -0.15) is 0 Å². The SMILES string of the molecule is CC(C)C(CC(=O)O)NC(=O)C1CCCc2sccc21. The molecule has 0 aromatic carbocycles. The van der Waals surface area contributed by atoms with Crippen molar-refractivity contribution in [2.75, 3.05) is 0 Å². The normalized spacial score (nSPS) is 19.4. The maximum Gasteiger partial charge on any atom is 0.305 e. The third kappa shape index (κ3) is 3.39. The summed E-state index contributed by atoms with van der Waals surface area (Å²) in [5, 5.41) is 13.9. The van der Waals surface area contributed by atoms with Crippen molar-refractivity contribution in [1.82, 2.24) is 5.32 Å². The summed E-state index contributed by atoms with van der Waals surface area (Å²) in [6.07, 6.45) is 2.91. The van der Waals surface area contributed by atoms with Crippen molar-refractivity contribution in [1.29, 1.82) is 0 Å². The number of carboxylic acids is 1. The molecule has 1 heterocycles. The van der Waals surface area contributed by atoms with Crippen LogP contribution in [-0.4, -0.2) is 23.0 Å². The molecule has 0 aliphatic heterocycles. The Bertz CT molecular complexity index is 495. The number of thiophene rings is 1. The van der Waals surface area contributed by atoms with Crippen LogP contribution in [0.1, 0.15) is 49.5 Å². The summed E-state index contributed by atoms with van der Waals surface area (Å²) in [6.45, 7) is 3.87. The van der Waals surface area contributed by atoms with Gasteiger partial charge in [0.15, 0.2) is 0 Å². The molecule has 20 heavy (non-hydrogen) atoms. The van der Waals surface area contributed by atoms with Gasteiger partial charge in [-0.25, -0.2) is 0 Å². The lowest BCUT2D eigenvalue weighted by Gasteiger charge is -2.26. The fraction of sp³-hybridized carbons (Fsp3) is 0.600. The monoisotopic (exact) mass is 295 g/mol. The summed E-state index contributed by atoms with van der Waals surface area (Å²) in [6, 6.07) is 1.73. The van der Waals surface area contributed by atoms with E-state index in [0.717, 1.165) is 24.8 Å². The number of carbonyl (C=O) groups is 2. The molecule has 0 spiro atoms. The zero-order chi connectivity index (χ0) is 14.7. The van der Waals surface area contributed by atoms with Crippen molar-refractivity contribution in [2.24, 2.45) is 5.92 Å². The first-order valence-corrected chi connectivity index (χ1v) is 7.95. The highest BCUT2D eigenvalue weighted by Gasteiger charge is 2.29. The van der Waals surface area contributed by atoms with Crippen LogP contribution in [0.3, 0.4) is 0 Å². The third-order valence-electron chi connectivity index (χ3n) is 3.90. The fourth-order valence-electron chi connectivity index (χ4n) is 2.68. The van der Waals surface area contributed by atoms with Crippen LogP contribution in [-0.2, 0) is 16.0 Å². The molecular weight excluding hydrogens is 274 g/mol. The molecule has 2 atom stereocenters. The second-order valence-electron chi connectivity index (χ2n) is 5.70. The van der Waals surface area contributed by atoms with E-state index in [4.69, 9.17) is 5.11 Å². The van der Waals surface area contributed by atoms with Gasteiger partial charge >= 0.3 is 5.97 Å². The highest BCUT2D eigenvalue weighted by molar-refractivity contribution is 7.10. The lowest BCUT2D eigenvalue weighted by molar-refractivity contribution is -0.138. The lowest BCUT2D eigenvalue weighted by Crippen LogP contribution is -2.42. The Labute approximate surface area is 123 Å². The Morgan fingerprint density at radius 2 is 2.25 bits per heavy atom. The van der Waals surface area contributed by atoms with Crippen LogP contribution in [0.4, 0.5) is 0 Å². The highest BCUT2D eigenvalue weighted by atomic mass is 32.1. The minimum Gasteiger partial charge on any atom is -0.481 e. The minimum atomic E-state index is -0.871. The zero-order valence-electron chi connectivity index (χ0n) is 11.9. The number of fused-ring (bicyclic) bond motifs is 1. The molecule has 0 bridgehead atoms. The first-order chi connectivity index (χ1) is 9.49. The minimum absolute atomic E-state index is 0.0212. The van der Waals surface area contributed by atoms with Crippen LogP contribution in [0.25, 0.3) is 0 Å². The standard InChI is InChI=1S/C15H21NO3S/c1-9(2)12(8-14(17)18)16-15(19)11-4-3-5-13-10(11)6-7-20-13/h6-7,9,11-12H,3-5,8H2,1-2H3,(H,16,19)(H,17,18). The van der Waals surface area contributed by atoms with Gasteiger partial charge in [-0.15, -0.1) is 11.3 Å². The van der Waals surface area contributed by atoms with Gasteiger partial charge in [-0.1, -0.05) is 13.8 Å². The molecule has 1 aliphatic rings. The molecule has 2 rings (SSSR count). The Morgan fingerprint density at radius 3 is 2.90 bits per heavy atom. The van der Waals surface area contributed by atoms with Crippen molar-refractivity contribution < 1.29 is 14.7 Å². The zero-order valence-corrected chi connectivity index (χ0v) is 12.7. The van der Waals surface area contributed by atoms with Crippen LogP contribution < -0.4 is 5.32 Å². The van der Waals surface area contributed by atoms with E-state index in [1.54, 1.807) is 11.3 Å². The Balaban J connectivity index is 2.07. The Kier molecular flexibility index (Phi) is 4.81. The number of rotatable bonds is 5. The van der Waals surface area contributed by atoms with Crippen LogP contribution in [0.5, 0.6) is 0 Å². The molecule has 110 valence electrons. The molecule has 4 nitrogen and oxygen atoms in total. The predicted octanol–water partition coefficient (Wildman–Crippen LogP) is 2.78. The summed E-state index contributed by atoms with van der Waals surface area (Å²) in [7, 11) is 0. The van der Waals surface area contributed by atoms with Crippen LogP contribution >= 0.6 is 11.3 Å². The van der Waals surface area contributed by atoms with E-state index in [1.807, 2.05) is 25.3 Å². The first kappa shape index (κ1) is 15.0. The molecule has 1 aromatic heterocycles. The second kappa shape index (κ2) is 6.39. The summed E-state index contributed by atoms with van der Waals surface area (Å²) in [5.41, 5.74) is 1.14. The maximum absolute atomic E-state index is 12.5. The predicted molar refractivity (Wildman–Crippen MR) is 79.0 cm³/mol. The molecule has 0 radical (unpaired) electrons. The van der Waals surface area contributed by atoms with Crippen molar-refractivity contribution >= 4 is 23.2 Å². The molecular formula is C15H21NO3S. The number of nitrogens with one attached hydrogen (secondary N) is 1. The third-order valence-corrected chi connectivity index (χ3v) is 4.89. The van der Waals surface area contributed by atoms with Gasteiger partial charge in [-0.3, -0.25) is 9.59 Å². The molecule has 1 aromatic rings. The van der Waals surface area contributed by atoms with E-state index in [-0.39, 0.29) is 30.2 Å². The fourth-order valence-corrected chi connectivity index (χ4v) is 3.67. The van der Waals surface area contributed by atoms with Gasteiger partial charge < -0.3 is 10.4 Å². The summed E-state index contributed by atoms with van der Waals surface area (Å²) in [5.74, 6) is -0.895. The second-order valence-corrected chi connectivity index (χ2v) is 6.70. The average Bonchev–Trinajstić information content (AvgIpc) is 2.84. The number of carboxylic acid groups (broad SMARTS) is 1. The van der Waals surface area contributed by atoms with E-state index in [9.17, 15) is 9.59 Å². The Hall–Kier alpha value is -1.36. The molecule has 0 fully saturated rings. The number of amides is 1. The number of hydrogen-bond donors (Lipinski definition) is 2. The highest BCUT2D eigenvalue weighted by Crippen LogP contribution is 2.35. The summed E-state index contributed by atoms with van der Waals surface area (Å²) in [4.78, 5) is 24.6. The number of hydrogen-bond acceptors (Lipinski definition) is 3. The summed E-state index contributed by atoms with van der Waals surface area (Å²) >= 11 is 1.71. The van der Waals surface area contributed by atoms with Gasteiger partial charge in [0.1, 0.15) is 0 Å². The van der Waals surface area contributed by atoms with Gasteiger partial charge in [-0.05, 0) is 42.2 Å². The van der Waals surface area contributed by atoms with Gasteiger partial charge in [0, 0.05) is 10.9 Å². The molecule has 5 heteroatoms. The van der Waals surface area contributed by atoms with Crippen molar-refractivity contribution in [3.05, 3.63) is 21.9 Å². The molecule has 2 unspecified atom stereocenters. The molecule has 0 saturated heterocycles. The van der Waals surface area contributed by atoms with E-state index < -0.39 is 5.97 Å². The number of aliphatic carboxylic acids is 1. The van der Waals surface area contributed by atoms with Gasteiger partial charge in [0.25, 0.3) is 0 Å². The Morgan fingerprint density at radius 1 is 1.50 bits per heavy atom. The van der Waals surface area contributed by atoms with Crippen molar-refractivity contribution in [3.8, 4) is 0 Å². The lowest BCUT2D eigenvalue weighted by atomic mass is 9.86. The smallest absolute Gasteiger partial charge is 0.305 e. The molecule has 1 aliphatic carbocycles. The number of carbonyl (C=O) groups excluding carboxylic acids is 1. The maximum atomic E-state index is 12.5.